The van der Waals surface area contributed by atoms with E-state index in [0.717, 1.165) is 12.8 Å². The molecule has 0 amide bonds. The fourth-order valence-corrected chi connectivity index (χ4v) is 1.11. The molecule has 0 aliphatic rings. The van der Waals surface area contributed by atoms with Crippen LogP contribution in [0.15, 0.2) is 17.0 Å². The summed E-state index contributed by atoms with van der Waals surface area (Å²) in [7, 11) is 0. The van der Waals surface area contributed by atoms with Gasteiger partial charge in [-0.25, -0.2) is 4.79 Å². The zero-order valence-electron chi connectivity index (χ0n) is 11.8. The van der Waals surface area contributed by atoms with Gasteiger partial charge in [0, 0.05) is 5.57 Å². The first-order valence-electron chi connectivity index (χ1n) is 6.34. The Kier molecular flexibility index (Phi) is 14.4. The minimum absolute atomic E-state index is 0.00986. The second-order valence-corrected chi connectivity index (χ2v) is 4.12. The Morgan fingerprint density at radius 3 is 2.33 bits per heavy atom. The molecule has 0 aliphatic carbocycles. The topological polar surface area (TPSA) is 76.0 Å². The van der Waals surface area contributed by atoms with Crippen molar-refractivity contribution >= 4 is 5.97 Å². The third-order valence-corrected chi connectivity index (χ3v) is 2.46. The number of hydrogen-bond acceptors (Lipinski definition) is 4. The summed E-state index contributed by atoms with van der Waals surface area (Å²) in [5.74, 6) is -0.845. The van der Waals surface area contributed by atoms with Crippen molar-refractivity contribution in [2.75, 3.05) is 0 Å². The van der Waals surface area contributed by atoms with Gasteiger partial charge in [0.2, 0.25) is 0 Å². The normalized spacial score (nSPS) is 12.1. The minimum atomic E-state index is -0.845. The summed E-state index contributed by atoms with van der Waals surface area (Å²) in [6.45, 7) is 7.30. The molecule has 0 rings (SSSR count). The van der Waals surface area contributed by atoms with Crippen molar-refractivity contribution in [3.8, 4) is 0 Å². The van der Waals surface area contributed by atoms with Gasteiger partial charge in [-0.05, 0) is 33.6 Å². The molecule has 106 valence electrons. The van der Waals surface area contributed by atoms with Crippen LogP contribution >= 0.6 is 0 Å². The maximum atomic E-state index is 9.86. The Bertz CT molecular complexity index is 251. The van der Waals surface area contributed by atoms with E-state index in [0.29, 0.717) is 5.57 Å². The summed E-state index contributed by atoms with van der Waals surface area (Å²) >= 11 is 0. The fourth-order valence-electron chi connectivity index (χ4n) is 1.11. The van der Waals surface area contributed by atoms with Crippen LogP contribution in [0.2, 0.25) is 0 Å². The maximum Gasteiger partial charge on any atom is 0.330 e. The van der Waals surface area contributed by atoms with Crippen LogP contribution in [0.5, 0.6) is 0 Å². The molecule has 0 bridgehead atoms. The number of aliphatic carboxylic acids is 1. The van der Waals surface area contributed by atoms with Gasteiger partial charge < -0.3 is 9.94 Å². The van der Waals surface area contributed by atoms with Gasteiger partial charge in [-0.3, -0.25) is 0 Å². The van der Waals surface area contributed by atoms with E-state index in [2.05, 4.69) is 17.1 Å². The number of rotatable bonds is 8. The van der Waals surface area contributed by atoms with Crippen LogP contribution in [0.25, 0.3) is 0 Å². The number of carboxylic acids is 1. The molecule has 1 atom stereocenters. The van der Waals surface area contributed by atoms with E-state index in [4.69, 9.17) is 5.11 Å². The average Bonchev–Trinajstić information content (AvgIpc) is 2.34. The highest BCUT2D eigenvalue weighted by Gasteiger charge is 2.01. The van der Waals surface area contributed by atoms with Gasteiger partial charge in [-0.1, -0.05) is 32.3 Å². The van der Waals surface area contributed by atoms with Crippen molar-refractivity contribution in [3.63, 3.8) is 0 Å². The lowest BCUT2D eigenvalue weighted by Crippen LogP contribution is -2.02. The first-order valence-corrected chi connectivity index (χ1v) is 6.34. The van der Waals surface area contributed by atoms with Crippen LogP contribution in [0, 0.1) is 4.91 Å². The maximum absolute atomic E-state index is 9.86. The Morgan fingerprint density at radius 2 is 2.00 bits per heavy atom. The van der Waals surface area contributed by atoms with E-state index >= 15 is 0 Å². The van der Waals surface area contributed by atoms with E-state index in [1.807, 2.05) is 6.92 Å². The van der Waals surface area contributed by atoms with E-state index in [1.165, 1.54) is 19.3 Å². The molecule has 1 N–H and O–H groups in total. The van der Waals surface area contributed by atoms with Gasteiger partial charge in [-0.2, -0.15) is 0 Å². The van der Waals surface area contributed by atoms with Gasteiger partial charge >= 0.3 is 5.97 Å². The predicted octanol–water partition coefficient (Wildman–Crippen LogP) is 4.08. The third-order valence-electron chi connectivity index (χ3n) is 2.46. The second-order valence-electron chi connectivity index (χ2n) is 4.12. The largest absolute Gasteiger partial charge is 0.478 e. The first-order chi connectivity index (χ1) is 8.49. The zero-order valence-corrected chi connectivity index (χ0v) is 11.8. The first kappa shape index (κ1) is 19.0. The summed E-state index contributed by atoms with van der Waals surface area (Å²) < 4.78 is 0. The summed E-state index contributed by atoms with van der Waals surface area (Å²) in [5, 5.41) is 10.5. The lowest BCUT2D eigenvalue weighted by Gasteiger charge is -2.05. The molecular formula is C13H25NO4. The van der Waals surface area contributed by atoms with Crippen molar-refractivity contribution in [1.82, 2.24) is 0 Å². The van der Waals surface area contributed by atoms with Gasteiger partial charge in [0.05, 0.1) is 0 Å². The van der Waals surface area contributed by atoms with Crippen LogP contribution in [0.1, 0.15) is 59.8 Å². The monoisotopic (exact) mass is 259 g/mol. The van der Waals surface area contributed by atoms with Crippen molar-refractivity contribution in [1.29, 1.82) is 0 Å². The lowest BCUT2D eigenvalue weighted by atomic mass is 10.1. The van der Waals surface area contributed by atoms with E-state index in [-0.39, 0.29) is 6.10 Å². The Morgan fingerprint density at radius 1 is 1.39 bits per heavy atom. The standard InChI is InChI=1S/C8H17NO2.C5H8O2/c1-3-4-5-6-7-8(2)11-9-10;1-3-4(2)5(6)7/h8H,3-7H2,1-2H3;3H,1-2H3,(H,6,7). The number of hydrogen-bond donors (Lipinski definition) is 1. The molecule has 18 heavy (non-hydrogen) atoms. The molecule has 0 aliphatic heterocycles. The molecule has 0 aromatic heterocycles. The molecule has 0 aromatic rings. The molecule has 5 heteroatoms. The summed E-state index contributed by atoms with van der Waals surface area (Å²) in [6.07, 6.45) is 7.34. The van der Waals surface area contributed by atoms with Crippen LogP contribution in [-0.2, 0) is 9.63 Å². The summed E-state index contributed by atoms with van der Waals surface area (Å²) in [4.78, 5) is 24.0. The second kappa shape index (κ2) is 13.7. The van der Waals surface area contributed by atoms with Crippen molar-refractivity contribution in [3.05, 3.63) is 16.6 Å². The predicted molar refractivity (Wildman–Crippen MR) is 72.2 cm³/mol. The highest BCUT2D eigenvalue weighted by molar-refractivity contribution is 5.85. The number of unbranched alkanes of at least 4 members (excludes halogenated alkanes) is 3. The van der Waals surface area contributed by atoms with Crippen LogP contribution in [0.3, 0.4) is 0 Å². The molecule has 0 saturated carbocycles. The molecule has 0 fully saturated rings. The van der Waals surface area contributed by atoms with E-state index in [9.17, 15) is 9.70 Å². The fraction of sp³-hybridized carbons (Fsp3) is 0.769. The van der Waals surface area contributed by atoms with Gasteiger partial charge in [0.1, 0.15) is 6.10 Å². The van der Waals surface area contributed by atoms with Crippen molar-refractivity contribution in [2.45, 2.75) is 65.9 Å². The summed E-state index contributed by atoms with van der Waals surface area (Å²) in [5.41, 5.74) is 0.389. The molecule has 5 nitrogen and oxygen atoms in total. The SMILES string of the molecule is CC=C(C)C(=O)O.CCCCCCC(C)ON=O. The smallest absolute Gasteiger partial charge is 0.330 e. The highest BCUT2D eigenvalue weighted by Crippen LogP contribution is 2.07. The number of carboxylic acid groups (broad SMARTS) is 1. The minimum Gasteiger partial charge on any atom is -0.478 e. The highest BCUT2D eigenvalue weighted by atomic mass is 16.7. The lowest BCUT2D eigenvalue weighted by molar-refractivity contribution is -0.132. The molecule has 0 aromatic carbocycles. The van der Waals surface area contributed by atoms with Crippen molar-refractivity contribution in [2.24, 2.45) is 5.34 Å². The Hall–Kier alpha value is -1.39. The Balaban J connectivity index is 0. The van der Waals surface area contributed by atoms with Gasteiger partial charge in [0.25, 0.3) is 0 Å². The quantitative estimate of drug-likeness (QED) is 0.308. The van der Waals surface area contributed by atoms with Crippen LogP contribution in [-0.4, -0.2) is 17.2 Å². The zero-order chi connectivity index (χ0) is 14.4. The molecule has 0 heterocycles. The summed E-state index contributed by atoms with van der Waals surface area (Å²) in [6, 6.07) is 0. The molecule has 0 radical (unpaired) electrons. The van der Waals surface area contributed by atoms with Gasteiger partial charge in [-0.15, -0.1) is 4.91 Å². The molecule has 0 spiro atoms. The average molecular weight is 259 g/mol. The van der Waals surface area contributed by atoms with E-state index in [1.54, 1.807) is 19.9 Å². The molecule has 1 unspecified atom stereocenters. The van der Waals surface area contributed by atoms with E-state index < -0.39 is 5.97 Å². The molecule has 0 saturated heterocycles. The van der Waals surface area contributed by atoms with Crippen molar-refractivity contribution < 1.29 is 14.7 Å². The molecular weight excluding hydrogens is 234 g/mol. The number of carbonyl (C=O) groups is 1. The van der Waals surface area contributed by atoms with Gasteiger partial charge in [0.15, 0.2) is 5.34 Å². The third kappa shape index (κ3) is 14.6. The number of allylic oxidation sites excluding steroid dienone is 1. The Labute approximate surface area is 109 Å². The van der Waals surface area contributed by atoms with Crippen LogP contribution < -0.4 is 0 Å². The van der Waals surface area contributed by atoms with Crippen LogP contribution in [0.4, 0.5) is 0 Å². The number of nitrogens with zero attached hydrogens (tertiary/aromatic N) is 1.